The lowest BCUT2D eigenvalue weighted by Crippen LogP contribution is -2.42. The number of nitrogens with one attached hydrogen (secondary N) is 2. The van der Waals surface area contributed by atoms with E-state index in [4.69, 9.17) is 9.47 Å². The zero-order chi connectivity index (χ0) is 29.2. The van der Waals surface area contributed by atoms with Crippen LogP contribution in [-0.2, 0) is 31.9 Å². The SMILES string of the molecule is Cc1cc(CC(C(=O)O)C(O)(CC(C)CNC(=O)OCc2ccccc2)P=O)cnc1NC(=O)OC(C)(C)C. The van der Waals surface area contributed by atoms with Gasteiger partial charge >= 0.3 is 18.2 Å². The third-order valence-electron chi connectivity index (χ3n) is 5.66. The van der Waals surface area contributed by atoms with Crippen molar-refractivity contribution in [2.24, 2.45) is 11.8 Å². The van der Waals surface area contributed by atoms with Crippen molar-refractivity contribution in [1.82, 2.24) is 10.3 Å². The molecule has 2 aromatic rings. The molecule has 2 rings (SSSR count). The second-order valence-electron chi connectivity index (χ2n) is 10.5. The number of ether oxygens (including phenoxy) is 2. The van der Waals surface area contributed by atoms with E-state index < -0.39 is 49.4 Å². The Morgan fingerprint density at radius 3 is 2.33 bits per heavy atom. The van der Waals surface area contributed by atoms with Gasteiger partial charge in [0.15, 0.2) is 13.8 Å². The van der Waals surface area contributed by atoms with Crippen LogP contribution in [-0.4, -0.2) is 50.8 Å². The van der Waals surface area contributed by atoms with Crippen molar-refractivity contribution in [1.29, 1.82) is 0 Å². The molecule has 0 spiro atoms. The number of aryl methyl sites for hydroxylation is 1. The van der Waals surface area contributed by atoms with Crippen LogP contribution in [0.4, 0.5) is 15.4 Å². The Hall–Kier alpha value is -3.56. The third-order valence-corrected chi connectivity index (χ3v) is 6.48. The Morgan fingerprint density at radius 2 is 1.77 bits per heavy atom. The predicted octanol–water partition coefficient (Wildman–Crippen LogP) is 4.91. The number of carbonyl (C=O) groups excluding carboxylic acids is 2. The lowest BCUT2D eigenvalue weighted by molar-refractivity contribution is -0.147. The first kappa shape index (κ1) is 31.7. The number of hydrogen-bond donors (Lipinski definition) is 4. The van der Waals surface area contributed by atoms with Gasteiger partial charge in [-0.05, 0) is 63.1 Å². The average molecular weight is 562 g/mol. The molecule has 0 aliphatic carbocycles. The molecule has 212 valence electrons. The van der Waals surface area contributed by atoms with Crippen LogP contribution in [0.3, 0.4) is 0 Å². The van der Waals surface area contributed by atoms with Crippen molar-refractivity contribution in [2.45, 2.75) is 65.0 Å². The van der Waals surface area contributed by atoms with Gasteiger partial charge in [0.2, 0.25) is 0 Å². The van der Waals surface area contributed by atoms with Crippen LogP contribution >= 0.6 is 8.46 Å². The van der Waals surface area contributed by atoms with Gasteiger partial charge in [0, 0.05) is 12.7 Å². The highest BCUT2D eigenvalue weighted by Gasteiger charge is 2.44. The number of nitrogens with zero attached hydrogens (tertiary/aromatic N) is 1. The van der Waals surface area contributed by atoms with Gasteiger partial charge in [-0.25, -0.2) is 14.6 Å². The minimum Gasteiger partial charge on any atom is -0.481 e. The van der Waals surface area contributed by atoms with Crippen LogP contribution in [0.5, 0.6) is 0 Å². The molecule has 0 aliphatic heterocycles. The number of carbonyl (C=O) groups is 3. The summed E-state index contributed by atoms with van der Waals surface area (Å²) in [5, 5.41) is 24.0. The normalized spacial score (nSPS) is 14.5. The number of aliphatic carboxylic acids is 1. The number of pyridine rings is 1. The van der Waals surface area contributed by atoms with Crippen LogP contribution in [0.2, 0.25) is 0 Å². The van der Waals surface area contributed by atoms with Crippen molar-refractivity contribution in [2.75, 3.05) is 11.9 Å². The van der Waals surface area contributed by atoms with E-state index in [0.717, 1.165) is 5.56 Å². The lowest BCUT2D eigenvalue weighted by atomic mass is 9.88. The monoisotopic (exact) mass is 561 g/mol. The minimum absolute atomic E-state index is 0.0729. The number of benzene rings is 1. The maximum Gasteiger partial charge on any atom is 0.413 e. The summed E-state index contributed by atoms with van der Waals surface area (Å²) in [7, 11) is -0.761. The molecule has 3 atom stereocenters. The van der Waals surface area contributed by atoms with Crippen molar-refractivity contribution in [3.8, 4) is 0 Å². The largest absolute Gasteiger partial charge is 0.481 e. The van der Waals surface area contributed by atoms with Gasteiger partial charge in [0.25, 0.3) is 0 Å². The summed E-state index contributed by atoms with van der Waals surface area (Å²) in [4.78, 5) is 40.4. The fraction of sp³-hybridized carbons (Fsp3) is 0.481. The van der Waals surface area contributed by atoms with Crippen LogP contribution < -0.4 is 10.6 Å². The number of rotatable bonds is 12. The van der Waals surface area contributed by atoms with Gasteiger partial charge in [-0.1, -0.05) is 43.3 Å². The number of alkyl carbamates (subject to hydrolysis) is 1. The number of hydrogen-bond acceptors (Lipinski definition) is 8. The topological polar surface area (TPSA) is 164 Å². The molecule has 1 aromatic heterocycles. The highest BCUT2D eigenvalue weighted by molar-refractivity contribution is 7.25. The summed E-state index contributed by atoms with van der Waals surface area (Å²) >= 11 is 0. The quantitative estimate of drug-likeness (QED) is 0.263. The van der Waals surface area contributed by atoms with Crippen LogP contribution in [0.15, 0.2) is 42.6 Å². The second kappa shape index (κ2) is 14.0. The van der Waals surface area contributed by atoms with Gasteiger partial charge in [0.05, 0.1) is 0 Å². The summed E-state index contributed by atoms with van der Waals surface area (Å²) in [5.41, 5.74) is 1.15. The van der Waals surface area contributed by atoms with E-state index in [1.165, 1.54) is 6.20 Å². The summed E-state index contributed by atoms with van der Waals surface area (Å²) in [6.07, 6.45) is -0.295. The molecule has 0 aliphatic rings. The average Bonchev–Trinajstić information content (AvgIpc) is 2.85. The predicted molar refractivity (Wildman–Crippen MR) is 145 cm³/mol. The molecule has 0 saturated heterocycles. The Morgan fingerprint density at radius 1 is 1.10 bits per heavy atom. The Kier molecular flexibility index (Phi) is 11.4. The fourth-order valence-corrected chi connectivity index (χ4v) is 4.54. The summed E-state index contributed by atoms with van der Waals surface area (Å²) < 4.78 is 22.4. The highest BCUT2D eigenvalue weighted by atomic mass is 31.1. The highest BCUT2D eigenvalue weighted by Crippen LogP contribution is 2.38. The second-order valence-corrected chi connectivity index (χ2v) is 11.4. The molecule has 0 fully saturated rings. The number of amides is 2. The van der Waals surface area contributed by atoms with Crippen molar-refractivity contribution < 1.29 is 38.6 Å². The van der Waals surface area contributed by atoms with Crippen molar-refractivity contribution in [3.63, 3.8) is 0 Å². The van der Waals surface area contributed by atoms with Crippen LogP contribution in [0.1, 0.15) is 50.8 Å². The molecule has 0 bridgehead atoms. The van der Waals surface area contributed by atoms with Gasteiger partial charge in [-0.2, -0.15) is 0 Å². The van der Waals surface area contributed by atoms with Gasteiger partial charge < -0.3 is 25.0 Å². The van der Waals surface area contributed by atoms with Gasteiger partial charge in [0.1, 0.15) is 23.9 Å². The molecule has 39 heavy (non-hydrogen) atoms. The van der Waals surface area contributed by atoms with Crippen LogP contribution in [0.25, 0.3) is 0 Å². The number of carboxylic acids is 1. The Balaban J connectivity index is 2.00. The number of aromatic nitrogens is 1. The molecule has 11 nitrogen and oxygen atoms in total. The number of aliphatic hydroxyl groups is 1. The zero-order valence-electron chi connectivity index (χ0n) is 22.8. The van der Waals surface area contributed by atoms with E-state index in [1.807, 2.05) is 30.3 Å². The minimum atomic E-state index is -2.11. The van der Waals surface area contributed by atoms with E-state index >= 15 is 0 Å². The molecule has 1 heterocycles. The van der Waals surface area contributed by atoms with E-state index in [0.29, 0.717) is 11.1 Å². The standard InChI is InChI=1S/C27H36N3O8P/c1-17(14-29-24(33)37-16-19-9-7-6-8-10-19)13-27(35,39-36)21(23(31)32)12-20-11-18(2)22(28-15-20)30-25(34)38-26(3,4)5/h6-11,15,17,21,35H,12-14,16H2,1-5H3,(H,29,33)(H,31,32)(H,28,30,34). The van der Waals surface area contributed by atoms with E-state index in [-0.39, 0.29) is 31.8 Å². The third kappa shape index (κ3) is 10.6. The molecule has 0 saturated carbocycles. The zero-order valence-corrected chi connectivity index (χ0v) is 23.7. The number of anilines is 1. The maximum absolute atomic E-state index is 12.1. The van der Waals surface area contributed by atoms with Gasteiger partial charge in [-0.15, -0.1) is 0 Å². The van der Waals surface area contributed by atoms with Crippen molar-refractivity contribution >= 4 is 32.4 Å². The first-order valence-electron chi connectivity index (χ1n) is 12.4. The summed E-state index contributed by atoms with van der Waals surface area (Å²) in [6, 6.07) is 10.8. The van der Waals surface area contributed by atoms with Crippen molar-refractivity contribution in [3.05, 3.63) is 59.3 Å². The molecular weight excluding hydrogens is 525 g/mol. The first-order chi connectivity index (χ1) is 18.2. The summed E-state index contributed by atoms with van der Waals surface area (Å²) in [6.45, 7) is 8.72. The number of carboxylic acid groups (broad SMARTS) is 1. The smallest absolute Gasteiger partial charge is 0.413 e. The first-order valence-corrected chi connectivity index (χ1v) is 13.2. The van der Waals surface area contributed by atoms with E-state index in [2.05, 4.69) is 15.6 Å². The van der Waals surface area contributed by atoms with Gasteiger partial charge in [-0.3, -0.25) is 14.7 Å². The lowest BCUT2D eigenvalue weighted by Gasteiger charge is -2.30. The fourth-order valence-electron chi connectivity index (χ4n) is 3.82. The van der Waals surface area contributed by atoms with E-state index in [1.54, 1.807) is 40.7 Å². The molecule has 3 unspecified atom stereocenters. The van der Waals surface area contributed by atoms with E-state index in [9.17, 15) is 29.2 Å². The van der Waals surface area contributed by atoms with Crippen LogP contribution in [0, 0.1) is 18.8 Å². The summed E-state index contributed by atoms with van der Waals surface area (Å²) in [5.74, 6) is -2.95. The molecule has 0 radical (unpaired) electrons. The molecule has 12 heteroatoms. The molecule has 1 aromatic carbocycles. The molecule has 2 amide bonds. The maximum atomic E-state index is 12.1. The molecular formula is C27H36N3O8P. The molecule has 4 N–H and O–H groups in total. The Labute approximate surface area is 229 Å². The Bertz CT molecular complexity index is 1160.